The summed E-state index contributed by atoms with van der Waals surface area (Å²) in [6, 6.07) is 0. The van der Waals surface area contributed by atoms with E-state index in [0.717, 1.165) is 0 Å². The van der Waals surface area contributed by atoms with Gasteiger partial charge in [-0.25, -0.2) is 9.59 Å². The van der Waals surface area contributed by atoms with E-state index in [1.807, 2.05) is 0 Å². The van der Waals surface area contributed by atoms with Gasteiger partial charge >= 0.3 is 11.9 Å². The summed E-state index contributed by atoms with van der Waals surface area (Å²) < 4.78 is 62.9. The largest absolute Gasteiger partial charge is 0.478 e. The molecule has 140 valence electrons. The molecule has 0 aliphatic carbocycles. The summed E-state index contributed by atoms with van der Waals surface area (Å²) in [5.74, 6) is -3.50. The van der Waals surface area contributed by atoms with Crippen molar-refractivity contribution in [2.24, 2.45) is 0 Å². The lowest BCUT2D eigenvalue weighted by Crippen LogP contribution is -2.27. The zero-order valence-corrected chi connectivity index (χ0v) is 14.7. The first-order chi connectivity index (χ1) is 10.8. The van der Waals surface area contributed by atoms with Crippen LogP contribution in [-0.4, -0.2) is 58.6 Å². The summed E-state index contributed by atoms with van der Waals surface area (Å²) in [7, 11) is -9.25. The Balaban J connectivity index is 6.11. The zero-order chi connectivity index (χ0) is 19.3. The highest BCUT2D eigenvalue weighted by Gasteiger charge is 2.32. The molecular formula is C12H20O10S2. The van der Waals surface area contributed by atoms with Gasteiger partial charge in [0.25, 0.3) is 20.2 Å². The molecule has 0 aliphatic rings. The molecule has 0 radical (unpaired) electrons. The average Bonchev–Trinajstić information content (AvgIpc) is 2.38. The van der Waals surface area contributed by atoms with Crippen LogP contribution in [0.15, 0.2) is 11.1 Å². The van der Waals surface area contributed by atoms with Crippen molar-refractivity contribution in [3.8, 4) is 0 Å². The molecule has 0 saturated heterocycles. The molecule has 4 N–H and O–H groups in total. The van der Waals surface area contributed by atoms with E-state index >= 15 is 0 Å². The molecule has 2 atom stereocenters. The van der Waals surface area contributed by atoms with Crippen LogP contribution in [0.2, 0.25) is 0 Å². The molecule has 0 amide bonds. The van der Waals surface area contributed by atoms with Gasteiger partial charge in [-0.15, -0.1) is 0 Å². The second kappa shape index (κ2) is 8.55. The van der Waals surface area contributed by atoms with Gasteiger partial charge in [-0.1, -0.05) is 13.8 Å². The summed E-state index contributed by atoms with van der Waals surface area (Å²) in [6.45, 7) is 2.71. The third kappa shape index (κ3) is 6.55. The lowest BCUT2D eigenvalue weighted by molar-refractivity contribution is -0.136. The van der Waals surface area contributed by atoms with E-state index in [9.17, 15) is 36.6 Å². The number of hydrogen-bond donors (Lipinski definition) is 4. The van der Waals surface area contributed by atoms with E-state index in [2.05, 4.69) is 0 Å². The second-order valence-corrected chi connectivity index (χ2v) is 8.46. The standard InChI is InChI=1S/C12H20O10S2/c1-3-7(23(17,18)19)5-9(11(13)14)10(12(15)16)6-8(4-2)24(20,21)22/h7-8H,3-6H2,1-2H3,(H,13,14)(H,15,16)(H,17,18,19)(H,20,21,22)/b10-9+. The van der Waals surface area contributed by atoms with Crippen LogP contribution in [0.25, 0.3) is 0 Å². The highest BCUT2D eigenvalue weighted by molar-refractivity contribution is 7.86. The van der Waals surface area contributed by atoms with E-state index in [1.54, 1.807) is 0 Å². The summed E-state index contributed by atoms with van der Waals surface area (Å²) in [6.07, 6.45) is -1.99. The molecule has 0 fully saturated rings. The maximum absolute atomic E-state index is 11.3. The molecule has 0 aromatic rings. The van der Waals surface area contributed by atoms with Crippen LogP contribution in [0.4, 0.5) is 0 Å². The molecule has 0 heterocycles. The van der Waals surface area contributed by atoms with Crippen LogP contribution in [0.5, 0.6) is 0 Å². The Morgan fingerprint density at radius 2 is 1.00 bits per heavy atom. The first-order valence-electron chi connectivity index (χ1n) is 6.86. The molecule has 0 spiro atoms. The van der Waals surface area contributed by atoms with Crippen molar-refractivity contribution in [2.45, 2.75) is 50.0 Å². The third-order valence-corrected chi connectivity index (χ3v) is 6.18. The Morgan fingerprint density at radius 3 is 1.12 bits per heavy atom. The van der Waals surface area contributed by atoms with Gasteiger partial charge in [-0.05, 0) is 25.7 Å². The summed E-state index contributed by atoms with van der Waals surface area (Å²) in [4.78, 5) is 22.7. The van der Waals surface area contributed by atoms with Crippen molar-refractivity contribution in [1.82, 2.24) is 0 Å². The van der Waals surface area contributed by atoms with Crippen LogP contribution in [0.3, 0.4) is 0 Å². The molecule has 0 aromatic carbocycles. The van der Waals surface area contributed by atoms with E-state index < -0.39 is 66.7 Å². The fraction of sp³-hybridized carbons (Fsp3) is 0.667. The van der Waals surface area contributed by atoms with E-state index in [0.29, 0.717) is 0 Å². The second-order valence-electron chi connectivity index (χ2n) is 5.07. The minimum atomic E-state index is -4.62. The summed E-state index contributed by atoms with van der Waals surface area (Å²) >= 11 is 0. The fourth-order valence-electron chi connectivity index (χ4n) is 2.06. The van der Waals surface area contributed by atoms with Crippen LogP contribution in [0, 0.1) is 0 Å². The van der Waals surface area contributed by atoms with Gasteiger partial charge in [-0.2, -0.15) is 16.8 Å². The average molecular weight is 388 g/mol. The van der Waals surface area contributed by atoms with Gasteiger partial charge in [0, 0.05) is 11.1 Å². The monoisotopic (exact) mass is 388 g/mol. The first-order valence-corrected chi connectivity index (χ1v) is 9.87. The predicted octanol–water partition coefficient (Wildman–Crippen LogP) is 0.565. The highest BCUT2D eigenvalue weighted by atomic mass is 32.2. The minimum absolute atomic E-state index is 0.183. The predicted molar refractivity (Wildman–Crippen MR) is 82.8 cm³/mol. The van der Waals surface area contributed by atoms with Gasteiger partial charge in [0.15, 0.2) is 0 Å². The number of carbonyl (C=O) groups is 2. The highest BCUT2D eigenvalue weighted by Crippen LogP contribution is 2.24. The SMILES string of the molecule is CCC(C/C(C(=O)O)=C(/CC(CC)S(=O)(=O)O)C(=O)O)S(=O)(=O)O. The zero-order valence-electron chi connectivity index (χ0n) is 13.0. The lowest BCUT2D eigenvalue weighted by Gasteiger charge is -2.17. The molecule has 24 heavy (non-hydrogen) atoms. The third-order valence-electron chi connectivity index (χ3n) is 3.50. The van der Waals surface area contributed by atoms with Crippen molar-refractivity contribution in [1.29, 1.82) is 0 Å². The molecule has 12 heteroatoms. The summed E-state index contributed by atoms with van der Waals surface area (Å²) in [5, 5.41) is 15.3. The Morgan fingerprint density at radius 1 is 0.750 bits per heavy atom. The molecule has 10 nitrogen and oxygen atoms in total. The van der Waals surface area contributed by atoms with Gasteiger partial charge in [0.1, 0.15) is 0 Å². The van der Waals surface area contributed by atoms with Gasteiger partial charge in [0.2, 0.25) is 0 Å². The first kappa shape index (κ1) is 22.5. The van der Waals surface area contributed by atoms with Crippen molar-refractivity contribution in [3.05, 3.63) is 11.1 Å². The van der Waals surface area contributed by atoms with Crippen molar-refractivity contribution >= 4 is 32.2 Å². The molecule has 2 unspecified atom stereocenters. The Bertz CT molecular complexity index is 655. The topological polar surface area (TPSA) is 183 Å². The summed E-state index contributed by atoms with van der Waals surface area (Å²) in [5.41, 5.74) is -1.68. The Hall–Kier alpha value is -1.50. The minimum Gasteiger partial charge on any atom is -0.478 e. The number of rotatable bonds is 10. The van der Waals surface area contributed by atoms with E-state index in [4.69, 9.17) is 9.11 Å². The van der Waals surface area contributed by atoms with Crippen LogP contribution in [0.1, 0.15) is 39.5 Å². The molecular weight excluding hydrogens is 368 g/mol. The number of hydrogen-bond acceptors (Lipinski definition) is 6. The fourth-order valence-corrected chi connectivity index (χ4v) is 3.65. The Labute approximate surface area is 139 Å². The maximum Gasteiger partial charge on any atom is 0.332 e. The van der Waals surface area contributed by atoms with Crippen molar-refractivity contribution < 1.29 is 45.7 Å². The van der Waals surface area contributed by atoms with Gasteiger partial charge in [-0.3, -0.25) is 9.11 Å². The van der Waals surface area contributed by atoms with Crippen LogP contribution in [-0.2, 0) is 29.8 Å². The van der Waals surface area contributed by atoms with Crippen molar-refractivity contribution in [3.63, 3.8) is 0 Å². The van der Waals surface area contributed by atoms with Crippen LogP contribution < -0.4 is 0 Å². The quantitative estimate of drug-likeness (QED) is 0.304. The number of carboxylic acids is 2. The smallest absolute Gasteiger partial charge is 0.332 e. The van der Waals surface area contributed by atoms with Gasteiger partial charge < -0.3 is 10.2 Å². The molecule has 0 bridgehead atoms. The Kier molecular flexibility index (Phi) is 8.02. The van der Waals surface area contributed by atoms with E-state index in [-0.39, 0.29) is 12.8 Å². The van der Waals surface area contributed by atoms with Gasteiger partial charge in [0.05, 0.1) is 10.5 Å². The number of aliphatic carboxylic acids is 2. The lowest BCUT2D eigenvalue weighted by atomic mass is 9.97. The number of carboxylic acid groups (broad SMARTS) is 2. The van der Waals surface area contributed by atoms with Crippen molar-refractivity contribution in [2.75, 3.05) is 0 Å². The maximum atomic E-state index is 11.3. The molecule has 0 rings (SSSR count). The normalized spacial score (nSPS) is 16.2. The molecule has 0 saturated carbocycles. The molecule has 0 aromatic heterocycles. The molecule has 0 aliphatic heterocycles. The van der Waals surface area contributed by atoms with E-state index in [1.165, 1.54) is 13.8 Å². The van der Waals surface area contributed by atoms with Crippen LogP contribution >= 0.6 is 0 Å².